The Morgan fingerprint density at radius 2 is 2.05 bits per heavy atom. The lowest BCUT2D eigenvalue weighted by molar-refractivity contribution is -0.120. The number of hydrogen-bond donors (Lipinski definition) is 2. The van der Waals surface area contributed by atoms with Crippen LogP contribution in [0.1, 0.15) is 21.5 Å². The van der Waals surface area contributed by atoms with Gasteiger partial charge in [0.2, 0.25) is 5.91 Å². The van der Waals surface area contributed by atoms with Gasteiger partial charge in [0.25, 0.3) is 5.91 Å². The van der Waals surface area contributed by atoms with Crippen molar-refractivity contribution in [1.29, 1.82) is 0 Å². The van der Waals surface area contributed by atoms with E-state index in [-0.39, 0.29) is 18.4 Å². The molecule has 5 nitrogen and oxygen atoms in total. The summed E-state index contributed by atoms with van der Waals surface area (Å²) in [5.74, 6) is -0.562. The SMILES string of the molecule is Cc1cccc(CNC(=O)CNC(=O)c2ccoc2)c1. The maximum atomic E-state index is 11.6. The third-order valence-corrected chi connectivity index (χ3v) is 2.77. The summed E-state index contributed by atoms with van der Waals surface area (Å²) >= 11 is 0. The normalized spacial score (nSPS) is 10.1. The smallest absolute Gasteiger partial charge is 0.254 e. The fourth-order valence-corrected chi connectivity index (χ4v) is 1.74. The molecule has 1 heterocycles. The van der Waals surface area contributed by atoms with E-state index in [2.05, 4.69) is 10.6 Å². The molecule has 2 rings (SSSR count). The second-order valence-corrected chi connectivity index (χ2v) is 4.46. The van der Waals surface area contributed by atoms with E-state index >= 15 is 0 Å². The van der Waals surface area contributed by atoms with Crippen molar-refractivity contribution in [1.82, 2.24) is 10.6 Å². The van der Waals surface area contributed by atoms with E-state index in [1.54, 1.807) is 6.07 Å². The fraction of sp³-hybridized carbons (Fsp3) is 0.200. The van der Waals surface area contributed by atoms with Crippen LogP contribution in [-0.2, 0) is 11.3 Å². The summed E-state index contributed by atoms with van der Waals surface area (Å²) in [6.45, 7) is 2.38. The average Bonchev–Trinajstić information content (AvgIpc) is 2.97. The highest BCUT2D eigenvalue weighted by Crippen LogP contribution is 2.03. The molecule has 0 bridgehead atoms. The van der Waals surface area contributed by atoms with Gasteiger partial charge < -0.3 is 15.1 Å². The minimum absolute atomic E-state index is 0.0597. The van der Waals surface area contributed by atoms with Crippen LogP contribution in [-0.4, -0.2) is 18.4 Å². The second kappa shape index (κ2) is 6.56. The largest absolute Gasteiger partial charge is 0.472 e. The number of aryl methyl sites for hydroxylation is 1. The molecule has 104 valence electrons. The van der Waals surface area contributed by atoms with Crippen molar-refractivity contribution in [2.75, 3.05) is 6.54 Å². The molecule has 0 spiro atoms. The van der Waals surface area contributed by atoms with Crippen LogP contribution in [0.3, 0.4) is 0 Å². The van der Waals surface area contributed by atoms with Crippen molar-refractivity contribution in [3.63, 3.8) is 0 Å². The molecular weight excluding hydrogens is 256 g/mol. The molecule has 2 N–H and O–H groups in total. The van der Waals surface area contributed by atoms with Gasteiger partial charge in [-0.15, -0.1) is 0 Å². The highest BCUT2D eigenvalue weighted by Gasteiger charge is 2.08. The lowest BCUT2D eigenvalue weighted by Crippen LogP contribution is -2.36. The molecule has 1 aromatic heterocycles. The zero-order valence-electron chi connectivity index (χ0n) is 11.2. The minimum atomic E-state index is -0.329. The van der Waals surface area contributed by atoms with Gasteiger partial charge in [-0.2, -0.15) is 0 Å². The molecule has 0 fully saturated rings. The summed E-state index contributed by atoms with van der Waals surface area (Å²) in [5, 5.41) is 5.27. The summed E-state index contributed by atoms with van der Waals surface area (Å²) in [7, 11) is 0. The number of amides is 2. The van der Waals surface area contributed by atoms with Gasteiger partial charge in [0.1, 0.15) is 6.26 Å². The number of furan rings is 1. The Hall–Kier alpha value is -2.56. The molecular formula is C15H16N2O3. The zero-order valence-corrected chi connectivity index (χ0v) is 11.2. The van der Waals surface area contributed by atoms with Crippen LogP contribution >= 0.6 is 0 Å². The van der Waals surface area contributed by atoms with E-state index < -0.39 is 0 Å². The molecule has 1 aromatic carbocycles. The summed E-state index contributed by atoms with van der Waals surface area (Å²) in [6.07, 6.45) is 2.74. The molecule has 0 aliphatic carbocycles. The number of carbonyl (C=O) groups is 2. The Kier molecular flexibility index (Phi) is 4.55. The summed E-state index contributed by atoms with van der Waals surface area (Å²) < 4.78 is 4.80. The van der Waals surface area contributed by atoms with E-state index in [4.69, 9.17) is 4.42 Å². The molecule has 0 radical (unpaired) electrons. The van der Waals surface area contributed by atoms with Gasteiger partial charge in [0.15, 0.2) is 0 Å². The topological polar surface area (TPSA) is 71.3 Å². The third kappa shape index (κ3) is 3.98. The van der Waals surface area contributed by atoms with Crippen LogP contribution in [0.25, 0.3) is 0 Å². The van der Waals surface area contributed by atoms with E-state index in [9.17, 15) is 9.59 Å². The van der Waals surface area contributed by atoms with Crippen molar-refractivity contribution in [3.8, 4) is 0 Å². The first-order valence-corrected chi connectivity index (χ1v) is 6.28. The predicted molar refractivity (Wildman–Crippen MR) is 74.1 cm³/mol. The maximum absolute atomic E-state index is 11.6. The summed E-state index contributed by atoms with van der Waals surface area (Å²) in [5.41, 5.74) is 2.57. The standard InChI is InChI=1S/C15H16N2O3/c1-11-3-2-4-12(7-11)8-16-14(18)9-17-15(19)13-5-6-20-10-13/h2-7,10H,8-9H2,1H3,(H,16,18)(H,17,19). The van der Waals surface area contributed by atoms with Crippen LogP contribution in [0.2, 0.25) is 0 Å². The van der Waals surface area contributed by atoms with Crippen LogP contribution in [0.15, 0.2) is 47.3 Å². The van der Waals surface area contributed by atoms with Crippen LogP contribution in [0.4, 0.5) is 0 Å². The molecule has 0 saturated heterocycles. The molecule has 5 heteroatoms. The fourth-order valence-electron chi connectivity index (χ4n) is 1.74. The van der Waals surface area contributed by atoms with Crippen LogP contribution in [0, 0.1) is 6.92 Å². The van der Waals surface area contributed by atoms with Crippen molar-refractivity contribution < 1.29 is 14.0 Å². The zero-order chi connectivity index (χ0) is 14.4. The molecule has 0 unspecified atom stereocenters. The number of hydrogen-bond acceptors (Lipinski definition) is 3. The van der Waals surface area contributed by atoms with E-state index in [1.165, 1.54) is 12.5 Å². The van der Waals surface area contributed by atoms with Crippen molar-refractivity contribution in [3.05, 3.63) is 59.5 Å². The van der Waals surface area contributed by atoms with Crippen molar-refractivity contribution in [2.45, 2.75) is 13.5 Å². The second-order valence-electron chi connectivity index (χ2n) is 4.46. The molecule has 2 aromatic rings. The Balaban J connectivity index is 1.74. The highest BCUT2D eigenvalue weighted by molar-refractivity contribution is 5.96. The monoisotopic (exact) mass is 272 g/mol. The first kappa shape index (κ1) is 13.9. The number of benzene rings is 1. The number of nitrogens with one attached hydrogen (secondary N) is 2. The van der Waals surface area contributed by atoms with Crippen LogP contribution < -0.4 is 10.6 Å². The van der Waals surface area contributed by atoms with E-state index in [1.807, 2.05) is 31.2 Å². The van der Waals surface area contributed by atoms with E-state index in [0.29, 0.717) is 12.1 Å². The molecule has 0 aliphatic rings. The molecule has 20 heavy (non-hydrogen) atoms. The van der Waals surface area contributed by atoms with Gasteiger partial charge in [-0.05, 0) is 18.6 Å². The molecule has 0 atom stereocenters. The van der Waals surface area contributed by atoms with Crippen LogP contribution in [0.5, 0.6) is 0 Å². The lowest BCUT2D eigenvalue weighted by atomic mass is 10.1. The van der Waals surface area contributed by atoms with Gasteiger partial charge in [0.05, 0.1) is 18.4 Å². The minimum Gasteiger partial charge on any atom is -0.472 e. The van der Waals surface area contributed by atoms with Crippen molar-refractivity contribution >= 4 is 11.8 Å². The molecule has 0 aliphatic heterocycles. The quantitative estimate of drug-likeness (QED) is 0.869. The average molecular weight is 272 g/mol. The Morgan fingerprint density at radius 3 is 2.75 bits per heavy atom. The third-order valence-electron chi connectivity index (χ3n) is 2.77. The molecule has 2 amide bonds. The Morgan fingerprint density at radius 1 is 1.20 bits per heavy atom. The van der Waals surface area contributed by atoms with Gasteiger partial charge >= 0.3 is 0 Å². The summed E-state index contributed by atoms with van der Waals surface area (Å²) in [4.78, 5) is 23.2. The predicted octanol–water partition coefficient (Wildman–Crippen LogP) is 1.63. The van der Waals surface area contributed by atoms with Gasteiger partial charge in [-0.1, -0.05) is 29.8 Å². The van der Waals surface area contributed by atoms with Crippen molar-refractivity contribution in [2.24, 2.45) is 0 Å². The number of carbonyl (C=O) groups excluding carboxylic acids is 2. The van der Waals surface area contributed by atoms with Gasteiger partial charge in [-0.25, -0.2) is 0 Å². The first-order chi connectivity index (χ1) is 9.65. The summed E-state index contributed by atoms with van der Waals surface area (Å²) in [6, 6.07) is 9.43. The van der Waals surface area contributed by atoms with E-state index in [0.717, 1.165) is 11.1 Å². The van der Waals surface area contributed by atoms with Gasteiger partial charge in [0, 0.05) is 6.54 Å². The maximum Gasteiger partial charge on any atom is 0.254 e. The lowest BCUT2D eigenvalue weighted by Gasteiger charge is -2.07. The first-order valence-electron chi connectivity index (χ1n) is 6.28. The molecule has 0 saturated carbocycles. The highest BCUT2D eigenvalue weighted by atomic mass is 16.3. The Bertz CT molecular complexity index is 591. The Labute approximate surface area is 117 Å². The number of rotatable bonds is 5. The van der Waals surface area contributed by atoms with Gasteiger partial charge in [-0.3, -0.25) is 9.59 Å².